The zero-order valence-electron chi connectivity index (χ0n) is 15.9. The fourth-order valence-electron chi connectivity index (χ4n) is 2.78. The Hall–Kier alpha value is -3.14. The largest absolute Gasteiger partial charge is 0.481 e. The van der Waals surface area contributed by atoms with Crippen molar-refractivity contribution in [2.24, 2.45) is 0 Å². The van der Waals surface area contributed by atoms with Gasteiger partial charge in [-0.05, 0) is 79.8 Å². The van der Waals surface area contributed by atoms with Crippen LogP contribution in [0, 0.1) is 13.8 Å². The molecular formula is C23H24N2O2. The minimum atomic E-state index is -0.581. The summed E-state index contributed by atoms with van der Waals surface area (Å²) in [4.78, 5) is 16.5. The summed E-state index contributed by atoms with van der Waals surface area (Å²) in [5.41, 5.74) is 5.34. The number of nitrogens with one attached hydrogen (secondary N) is 1. The summed E-state index contributed by atoms with van der Waals surface area (Å²) < 4.78 is 5.84. The molecule has 4 nitrogen and oxygen atoms in total. The molecule has 0 aliphatic carbocycles. The molecule has 0 aliphatic rings. The van der Waals surface area contributed by atoms with Gasteiger partial charge in [0.2, 0.25) is 0 Å². The molecule has 2 aromatic carbocycles. The Balaban J connectivity index is 1.59. The third-order valence-corrected chi connectivity index (χ3v) is 4.61. The number of carbonyl (C=O) groups excluding carboxylic acids is 1. The number of anilines is 1. The molecule has 1 atom stereocenters. The number of hydrogen-bond donors (Lipinski definition) is 1. The number of rotatable bonds is 6. The lowest BCUT2D eigenvalue weighted by atomic mass is 10.1. The van der Waals surface area contributed by atoms with Crippen molar-refractivity contribution in [3.8, 4) is 5.75 Å². The quantitative estimate of drug-likeness (QED) is 0.693. The van der Waals surface area contributed by atoms with E-state index in [1.165, 1.54) is 11.1 Å². The Morgan fingerprint density at radius 3 is 2.37 bits per heavy atom. The Kier molecular flexibility index (Phi) is 5.87. The highest BCUT2D eigenvalue weighted by molar-refractivity contribution is 5.94. The van der Waals surface area contributed by atoms with E-state index >= 15 is 0 Å². The molecule has 27 heavy (non-hydrogen) atoms. The molecule has 4 heteroatoms. The number of hydrogen-bond acceptors (Lipinski definition) is 3. The molecule has 3 rings (SSSR count). The highest BCUT2D eigenvalue weighted by Crippen LogP contribution is 2.22. The van der Waals surface area contributed by atoms with Gasteiger partial charge >= 0.3 is 0 Å². The Bertz CT molecular complexity index is 905. The lowest BCUT2D eigenvalue weighted by Gasteiger charge is -2.17. The fraction of sp³-hybridized carbons (Fsp3) is 0.217. The van der Waals surface area contributed by atoms with Crippen LogP contribution in [0.25, 0.3) is 0 Å². The second-order valence-electron chi connectivity index (χ2n) is 6.68. The van der Waals surface area contributed by atoms with E-state index in [0.29, 0.717) is 0 Å². The minimum absolute atomic E-state index is 0.169. The van der Waals surface area contributed by atoms with E-state index in [9.17, 15) is 4.79 Å². The highest BCUT2D eigenvalue weighted by Gasteiger charge is 2.16. The molecule has 1 unspecified atom stereocenters. The summed E-state index contributed by atoms with van der Waals surface area (Å²) in [6.45, 7) is 5.78. The Labute approximate surface area is 160 Å². The number of carbonyl (C=O) groups is 1. The molecule has 138 valence electrons. The average Bonchev–Trinajstić information content (AvgIpc) is 2.68. The maximum absolute atomic E-state index is 12.4. The molecule has 0 fully saturated rings. The molecule has 0 saturated heterocycles. The van der Waals surface area contributed by atoms with Gasteiger partial charge in [0.1, 0.15) is 5.75 Å². The number of aryl methyl sites for hydroxylation is 1. The van der Waals surface area contributed by atoms with E-state index in [4.69, 9.17) is 4.74 Å². The van der Waals surface area contributed by atoms with Gasteiger partial charge in [-0.1, -0.05) is 24.3 Å². The predicted molar refractivity (Wildman–Crippen MR) is 108 cm³/mol. The third-order valence-electron chi connectivity index (χ3n) is 4.61. The SMILES string of the molecule is Cc1cccc(OC(C)C(=O)Nc2ccc(Cc3ccncc3)cc2)c1C. The molecule has 0 radical (unpaired) electrons. The van der Waals surface area contributed by atoms with Crippen LogP contribution < -0.4 is 10.1 Å². The van der Waals surface area contributed by atoms with Crippen molar-refractivity contribution in [2.75, 3.05) is 5.32 Å². The topological polar surface area (TPSA) is 51.2 Å². The minimum Gasteiger partial charge on any atom is -0.481 e. The van der Waals surface area contributed by atoms with Crippen LogP contribution in [0.4, 0.5) is 5.69 Å². The van der Waals surface area contributed by atoms with Crippen LogP contribution in [0.5, 0.6) is 5.75 Å². The smallest absolute Gasteiger partial charge is 0.265 e. The number of nitrogens with zero attached hydrogens (tertiary/aromatic N) is 1. The summed E-state index contributed by atoms with van der Waals surface area (Å²) in [7, 11) is 0. The van der Waals surface area contributed by atoms with Crippen LogP contribution in [0.15, 0.2) is 67.0 Å². The molecule has 1 amide bonds. The summed E-state index contributed by atoms with van der Waals surface area (Å²) >= 11 is 0. The van der Waals surface area contributed by atoms with Gasteiger partial charge in [0.25, 0.3) is 5.91 Å². The van der Waals surface area contributed by atoms with Crippen LogP contribution in [-0.2, 0) is 11.2 Å². The molecular weight excluding hydrogens is 336 g/mol. The molecule has 1 aromatic heterocycles. The number of benzene rings is 2. The van der Waals surface area contributed by atoms with Gasteiger partial charge in [0.05, 0.1) is 0 Å². The third kappa shape index (κ3) is 4.94. The molecule has 0 aliphatic heterocycles. The lowest BCUT2D eigenvalue weighted by Crippen LogP contribution is -2.30. The van der Waals surface area contributed by atoms with Crippen LogP contribution >= 0.6 is 0 Å². The van der Waals surface area contributed by atoms with Crippen molar-refractivity contribution in [3.63, 3.8) is 0 Å². The van der Waals surface area contributed by atoms with E-state index in [2.05, 4.69) is 10.3 Å². The number of pyridine rings is 1. The van der Waals surface area contributed by atoms with Crippen LogP contribution in [-0.4, -0.2) is 17.0 Å². The average molecular weight is 360 g/mol. The van der Waals surface area contributed by atoms with Crippen molar-refractivity contribution in [3.05, 3.63) is 89.2 Å². The van der Waals surface area contributed by atoms with Gasteiger partial charge in [-0.3, -0.25) is 9.78 Å². The van der Waals surface area contributed by atoms with Crippen LogP contribution in [0.3, 0.4) is 0 Å². The second-order valence-corrected chi connectivity index (χ2v) is 6.68. The van der Waals surface area contributed by atoms with Crippen molar-refractivity contribution in [1.82, 2.24) is 4.98 Å². The lowest BCUT2D eigenvalue weighted by molar-refractivity contribution is -0.122. The van der Waals surface area contributed by atoms with E-state index in [0.717, 1.165) is 29.0 Å². The predicted octanol–water partition coefficient (Wildman–Crippen LogP) is 4.70. The van der Waals surface area contributed by atoms with E-state index in [1.807, 2.05) is 68.4 Å². The summed E-state index contributed by atoms with van der Waals surface area (Å²) in [6, 6.07) is 17.7. The van der Waals surface area contributed by atoms with Gasteiger partial charge in [0.15, 0.2) is 6.10 Å². The first-order valence-electron chi connectivity index (χ1n) is 9.04. The maximum Gasteiger partial charge on any atom is 0.265 e. The molecule has 1 heterocycles. The first kappa shape index (κ1) is 18.6. The highest BCUT2D eigenvalue weighted by atomic mass is 16.5. The Morgan fingerprint density at radius 1 is 1.00 bits per heavy atom. The molecule has 3 aromatic rings. The van der Waals surface area contributed by atoms with Crippen molar-refractivity contribution >= 4 is 11.6 Å². The molecule has 0 bridgehead atoms. The van der Waals surface area contributed by atoms with Gasteiger partial charge in [-0.25, -0.2) is 0 Å². The number of ether oxygens (including phenoxy) is 1. The van der Waals surface area contributed by atoms with Crippen LogP contribution in [0.2, 0.25) is 0 Å². The van der Waals surface area contributed by atoms with Crippen molar-refractivity contribution in [2.45, 2.75) is 33.3 Å². The normalized spacial score (nSPS) is 11.7. The molecule has 1 N–H and O–H groups in total. The zero-order chi connectivity index (χ0) is 19.2. The maximum atomic E-state index is 12.4. The van der Waals surface area contributed by atoms with E-state index in [-0.39, 0.29) is 5.91 Å². The summed E-state index contributed by atoms with van der Waals surface area (Å²) in [5.74, 6) is 0.572. The van der Waals surface area contributed by atoms with E-state index in [1.54, 1.807) is 19.3 Å². The summed E-state index contributed by atoms with van der Waals surface area (Å²) in [5, 5.41) is 2.91. The van der Waals surface area contributed by atoms with Gasteiger partial charge in [0, 0.05) is 18.1 Å². The van der Waals surface area contributed by atoms with Gasteiger partial charge in [-0.15, -0.1) is 0 Å². The monoisotopic (exact) mass is 360 g/mol. The standard InChI is InChI=1S/C23H24N2O2/c1-16-5-4-6-22(17(16)2)27-18(3)23(26)25-21-9-7-19(8-10-21)15-20-11-13-24-14-12-20/h4-14,18H,15H2,1-3H3,(H,25,26). The molecule has 0 saturated carbocycles. The first-order valence-corrected chi connectivity index (χ1v) is 9.04. The molecule has 0 spiro atoms. The second kappa shape index (κ2) is 8.49. The van der Waals surface area contributed by atoms with Gasteiger partial charge < -0.3 is 10.1 Å². The Morgan fingerprint density at radius 2 is 1.67 bits per heavy atom. The fourth-order valence-corrected chi connectivity index (χ4v) is 2.78. The number of amides is 1. The van der Waals surface area contributed by atoms with Gasteiger partial charge in [-0.2, -0.15) is 0 Å². The zero-order valence-corrected chi connectivity index (χ0v) is 15.9. The van der Waals surface area contributed by atoms with Crippen LogP contribution in [0.1, 0.15) is 29.2 Å². The van der Waals surface area contributed by atoms with Crippen molar-refractivity contribution in [1.29, 1.82) is 0 Å². The first-order chi connectivity index (χ1) is 13.0. The van der Waals surface area contributed by atoms with E-state index < -0.39 is 6.10 Å². The number of aromatic nitrogens is 1. The summed E-state index contributed by atoms with van der Waals surface area (Å²) in [6.07, 6.45) is 3.84. The van der Waals surface area contributed by atoms with Crippen molar-refractivity contribution < 1.29 is 9.53 Å².